The Bertz CT molecular complexity index is 233. The van der Waals surface area contributed by atoms with E-state index in [0.717, 1.165) is 32.5 Å². The molecule has 16 heavy (non-hydrogen) atoms. The quantitative estimate of drug-likeness (QED) is 0.729. The molecular formula is C12H23NO3. The van der Waals surface area contributed by atoms with Gasteiger partial charge in [-0.2, -0.15) is 0 Å². The van der Waals surface area contributed by atoms with Crippen LogP contribution in [0.1, 0.15) is 33.6 Å². The fourth-order valence-corrected chi connectivity index (χ4v) is 1.93. The van der Waals surface area contributed by atoms with Crippen LogP contribution in [-0.2, 0) is 9.47 Å². The fourth-order valence-electron chi connectivity index (χ4n) is 1.93. The molecule has 0 aromatic carbocycles. The minimum atomic E-state index is -0.411. The van der Waals surface area contributed by atoms with Crippen molar-refractivity contribution < 1.29 is 14.3 Å². The molecule has 1 saturated heterocycles. The van der Waals surface area contributed by atoms with Crippen LogP contribution in [0.25, 0.3) is 0 Å². The molecule has 1 aliphatic heterocycles. The van der Waals surface area contributed by atoms with Gasteiger partial charge in [-0.05, 0) is 33.6 Å². The molecule has 4 heteroatoms. The van der Waals surface area contributed by atoms with Crippen LogP contribution in [0.15, 0.2) is 0 Å². The number of hydrogen-bond donors (Lipinski definition) is 0. The lowest BCUT2D eigenvalue weighted by Gasteiger charge is -2.33. The lowest BCUT2D eigenvalue weighted by atomic mass is 9.99. The number of nitrogens with zero attached hydrogens (tertiary/aromatic N) is 1. The van der Waals surface area contributed by atoms with Gasteiger partial charge < -0.3 is 14.4 Å². The number of ether oxygens (including phenoxy) is 2. The van der Waals surface area contributed by atoms with Crippen LogP contribution >= 0.6 is 0 Å². The van der Waals surface area contributed by atoms with Crippen molar-refractivity contribution in [1.29, 1.82) is 0 Å². The SMILES string of the molecule is COCC1CCCN(C(=O)OC(C)(C)C)C1. The van der Waals surface area contributed by atoms with Gasteiger partial charge in [0.1, 0.15) is 5.60 Å². The summed E-state index contributed by atoms with van der Waals surface area (Å²) < 4.78 is 10.5. The summed E-state index contributed by atoms with van der Waals surface area (Å²) in [5.74, 6) is 0.450. The molecule has 94 valence electrons. The first-order valence-electron chi connectivity index (χ1n) is 5.89. The minimum absolute atomic E-state index is 0.201. The lowest BCUT2D eigenvalue weighted by Crippen LogP contribution is -2.43. The molecule has 4 nitrogen and oxygen atoms in total. The van der Waals surface area contributed by atoms with Crippen molar-refractivity contribution in [3.8, 4) is 0 Å². The predicted octanol–water partition coefficient (Wildman–Crippen LogP) is 2.28. The van der Waals surface area contributed by atoms with E-state index in [4.69, 9.17) is 9.47 Å². The number of methoxy groups -OCH3 is 1. The van der Waals surface area contributed by atoms with Crippen LogP contribution in [0.2, 0.25) is 0 Å². The average molecular weight is 229 g/mol. The maximum absolute atomic E-state index is 11.8. The molecule has 1 heterocycles. The number of carbonyl (C=O) groups is 1. The Labute approximate surface area is 97.9 Å². The van der Waals surface area contributed by atoms with Crippen molar-refractivity contribution in [2.45, 2.75) is 39.2 Å². The Morgan fingerprint density at radius 2 is 2.12 bits per heavy atom. The van der Waals surface area contributed by atoms with Gasteiger partial charge in [-0.1, -0.05) is 0 Å². The van der Waals surface area contributed by atoms with E-state index < -0.39 is 5.60 Å². The van der Waals surface area contributed by atoms with Gasteiger partial charge in [0.2, 0.25) is 0 Å². The minimum Gasteiger partial charge on any atom is -0.444 e. The van der Waals surface area contributed by atoms with Crippen LogP contribution in [0.4, 0.5) is 4.79 Å². The van der Waals surface area contributed by atoms with Crippen molar-refractivity contribution >= 4 is 6.09 Å². The third-order valence-corrected chi connectivity index (χ3v) is 2.57. The third kappa shape index (κ3) is 4.39. The summed E-state index contributed by atoms with van der Waals surface area (Å²) in [6, 6.07) is 0. The van der Waals surface area contributed by atoms with Gasteiger partial charge in [0, 0.05) is 26.1 Å². The zero-order chi connectivity index (χ0) is 12.2. The van der Waals surface area contributed by atoms with E-state index in [-0.39, 0.29) is 6.09 Å². The first-order chi connectivity index (χ1) is 7.42. The number of carbonyl (C=O) groups excluding carboxylic acids is 1. The van der Waals surface area contributed by atoms with Crippen molar-refractivity contribution in [3.63, 3.8) is 0 Å². The predicted molar refractivity (Wildman–Crippen MR) is 62.4 cm³/mol. The Hall–Kier alpha value is -0.770. The maximum Gasteiger partial charge on any atom is 0.410 e. The summed E-state index contributed by atoms with van der Waals surface area (Å²) in [7, 11) is 1.70. The highest BCUT2D eigenvalue weighted by atomic mass is 16.6. The van der Waals surface area contributed by atoms with Gasteiger partial charge in [-0.25, -0.2) is 4.79 Å². The number of rotatable bonds is 2. The maximum atomic E-state index is 11.8. The van der Waals surface area contributed by atoms with E-state index in [9.17, 15) is 4.79 Å². The van der Waals surface area contributed by atoms with Crippen molar-refractivity contribution in [1.82, 2.24) is 4.90 Å². The monoisotopic (exact) mass is 229 g/mol. The smallest absolute Gasteiger partial charge is 0.410 e. The van der Waals surface area contributed by atoms with Gasteiger partial charge in [0.15, 0.2) is 0 Å². The third-order valence-electron chi connectivity index (χ3n) is 2.57. The summed E-state index contributed by atoms with van der Waals surface area (Å²) >= 11 is 0. The van der Waals surface area contributed by atoms with Crippen LogP contribution in [0.3, 0.4) is 0 Å². The topological polar surface area (TPSA) is 38.8 Å². The van der Waals surface area contributed by atoms with Crippen LogP contribution in [-0.4, -0.2) is 43.4 Å². The van der Waals surface area contributed by atoms with Gasteiger partial charge in [-0.15, -0.1) is 0 Å². The van der Waals surface area contributed by atoms with Crippen molar-refractivity contribution in [2.24, 2.45) is 5.92 Å². The van der Waals surface area contributed by atoms with E-state index >= 15 is 0 Å². The van der Waals surface area contributed by atoms with E-state index in [1.165, 1.54) is 0 Å². The second kappa shape index (κ2) is 5.53. The van der Waals surface area contributed by atoms with Crippen LogP contribution in [0, 0.1) is 5.92 Å². The summed E-state index contributed by atoms with van der Waals surface area (Å²) in [4.78, 5) is 13.6. The summed E-state index contributed by atoms with van der Waals surface area (Å²) in [5.41, 5.74) is -0.411. The molecular weight excluding hydrogens is 206 g/mol. The van der Waals surface area contributed by atoms with E-state index in [2.05, 4.69) is 0 Å². The van der Waals surface area contributed by atoms with E-state index in [1.54, 1.807) is 12.0 Å². The number of amides is 1. The largest absolute Gasteiger partial charge is 0.444 e. The van der Waals surface area contributed by atoms with Crippen molar-refractivity contribution in [2.75, 3.05) is 26.8 Å². The molecule has 1 aliphatic rings. The molecule has 0 aliphatic carbocycles. The molecule has 0 N–H and O–H groups in total. The average Bonchev–Trinajstić information content (AvgIpc) is 2.16. The Balaban J connectivity index is 2.44. The molecule has 0 aromatic rings. The molecule has 1 rings (SSSR count). The lowest BCUT2D eigenvalue weighted by molar-refractivity contribution is 0.0109. The zero-order valence-corrected chi connectivity index (χ0v) is 10.8. The highest BCUT2D eigenvalue weighted by Crippen LogP contribution is 2.19. The summed E-state index contributed by atoms with van der Waals surface area (Å²) in [5, 5.41) is 0. The standard InChI is InChI=1S/C12H23NO3/c1-12(2,3)16-11(14)13-7-5-6-10(8-13)9-15-4/h10H,5-9H2,1-4H3. The highest BCUT2D eigenvalue weighted by Gasteiger charge is 2.27. The molecule has 0 spiro atoms. The summed E-state index contributed by atoms with van der Waals surface area (Å²) in [6.07, 6.45) is 1.97. The molecule has 0 radical (unpaired) electrons. The molecule has 1 atom stereocenters. The van der Waals surface area contributed by atoms with E-state index in [0.29, 0.717) is 5.92 Å². The van der Waals surface area contributed by atoms with Gasteiger partial charge >= 0.3 is 6.09 Å². The summed E-state index contributed by atoms with van der Waals surface area (Å²) in [6.45, 7) is 7.95. The molecule has 0 aromatic heterocycles. The molecule has 0 saturated carbocycles. The molecule has 1 unspecified atom stereocenters. The second-order valence-corrected chi connectivity index (χ2v) is 5.39. The van der Waals surface area contributed by atoms with Crippen LogP contribution in [0.5, 0.6) is 0 Å². The van der Waals surface area contributed by atoms with Gasteiger partial charge in [0.25, 0.3) is 0 Å². The number of likely N-dealkylation sites (tertiary alicyclic amines) is 1. The Morgan fingerprint density at radius 1 is 1.44 bits per heavy atom. The van der Waals surface area contributed by atoms with Crippen molar-refractivity contribution in [3.05, 3.63) is 0 Å². The second-order valence-electron chi connectivity index (χ2n) is 5.39. The Kier molecular flexibility index (Phi) is 4.59. The van der Waals surface area contributed by atoms with Gasteiger partial charge in [0.05, 0.1) is 6.61 Å². The number of piperidine rings is 1. The van der Waals surface area contributed by atoms with E-state index in [1.807, 2.05) is 20.8 Å². The Morgan fingerprint density at radius 3 is 2.69 bits per heavy atom. The first kappa shape index (κ1) is 13.3. The highest BCUT2D eigenvalue weighted by molar-refractivity contribution is 5.68. The van der Waals surface area contributed by atoms with Crippen LogP contribution < -0.4 is 0 Å². The van der Waals surface area contributed by atoms with Gasteiger partial charge in [-0.3, -0.25) is 0 Å². The number of hydrogen-bond acceptors (Lipinski definition) is 3. The zero-order valence-electron chi connectivity index (χ0n) is 10.8. The fraction of sp³-hybridized carbons (Fsp3) is 0.917. The molecule has 1 fully saturated rings. The normalized spacial score (nSPS) is 22.0. The molecule has 1 amide bonds. The first-order valence-corrected chi connectivity index (χ1v) is 5.89. The molecule has 0 bridgehead atoms.